The van der Waals surface area contributed by atoms with Crippen LogP contribution in [-0.4, -0.2) is 41.8 Å². The Kier molecular flexibility index (Phi) is 5.50. The molecule has 0 aliphatic carbocycles. The average Bonchev–Trinajstić information content (AvgIpc) is 3.19. The molecule has 4 rings (SSSR count). The maximum absolute atomic E-state index is 12.9. The Morgan fingerprint density at radius 1 is 1.07 bits per heavy atom. The number of nitrogens with zero attached hydrogens (tertiary/aromatic N) is 2. The van der Waals surface area contributed by atoms with Crippen LogP contribution in [-0.2, 0) is 9.53 Å². The molecule has 3 aromatic rings. The Bertz CT molecular complexity index is 945. The van der Waals surface area contributed by atoms with Crippen molar-refractivity contribution in [3.8, 4) is 0 Å². The summed E-state index contributed by atoms with van der Waals surface area (Å²) in [6, 6.07) is 17.3. The minimum absolute atomic E-state index is 0.0420. The third kappa shape index (κ3) is 3.70. The van der Waals surface area contributed by atoms with Gasteiger partial charge in [-0.3, -0.25) is 9.59 Å². The number of carbonyl (C=O) groups excluding carboxylic acids is 2. The molecule has 28 heavy (non-hydrogen) atoms. The lowest BCUT2D eigenvalue weighted by Crippen LogP contribution is -2.42. The van der Waals surface area contributed by atoms with Crippen molar-refractivity contribution < 1.29 is 14.3 Å². The molecule has 144 valence electrons. The fourth-order valence-corrected chi connectivity index (χ4v) is 4.67. The van der Waals surface area contributed by atoms with E-state index in [1.807, 2.05) is 59.5 Å². The van der Waals surface area contributed by atoms with Crippen LogP contribution in [0.25, 0.3) is 10.2 Å². The van der Waals surface area contributed by atoms with E-state index < -0.39 is 6.10 Å². The Labute approximate surface area is 168 Å². The van der Waals surface area contributed by atoms with Crippen LogP contribution in [0.1, 0.15) is 34.3 Å². The third-order valence-electron chi connectivity index (χ3n) is 5.24. The second kappa shape index (κ2) is 8.20. The molecule has 0 spiro atoms. The third-order valence-corrected chi connectivity index (χ3v) is 6.30. The fourth-order valence-electron chi connectivity index (χ4n) is 3.69. The summed E-state index contributed by atoms with van der Waals surface area (Å²) >= 11 is 1.45. The van der Waals surface area contributed by atoms with Gasteiger partial charge in [0, 0.05) is 26.1 Å². The van der Waals surface area contributed by atoms with Gasteiger partial charge in [0.2, 0.25) is 0 Å². The first-order valence-electron chi connectivity index (χ1n) is 9.43. The molecular formula is C22H22N2O3S. The van der Waals surface area contributed by atoms with Crippen LogP contribution in [0, 0.1) is 5.92 Å². The lowest BCUT2D eigenvalue weighted by Gasteiger charge is -2.33. The molecule has 1 atom stereocenters. The standard InChI is InChI=1S/C22H22N2O3S/c1-27-20(16-7-3-2-4-8-16)22(26)24-13-11-15(12-14-24)19(25)21-23-17-9-5-6-10-18(17)28-21/h2-10,15,20H,11-14H2,1H3/t20-/m0/s1. The molecule has 1 aromatic heterocycles. The number of methoxy groups -OCH3 is 1. The van der Waals surface area contributed by atoms with Gasteiger partial charge in [-0.1, -0.05) is 42.5 Å². The van der Waals surface area contributed by atoms with Crippen LogP contribution in [0.4, 0.5) is 0 Å². The molecule has 0 saturated carbocycles. The van der Waals surface area contributed by atoms with E-state index in [-0.39, 0.29) is 17.6 Å². The molecule has 0 radical (unpaired) electrons. The predicted octanol–water partition coefficient (Wildman–Crippen LogP) is 4.11. The van der Waals surface area contributed by atoms with Gasteiger partial charge in [-0.15, -0.1) is 11.3 Å². The number of likely N-dealkylation sites (tertiary alicyclic amines) is 1. The average molecular weight is 394 g/mol. The number of thiazole rings is 1. The van der Waals surface area contributed by atoms with Gasteiger partial charge in [0.05, 0.1) is 10.2 Å². The fraction of sp³-hybridized carbons (Fsp3) is 0.318. The van der Waals surface area contributed by atoms with E-state index in [2.05, 4.69) is 4.98 Å². The minimum Gasteiger partial charge on any atom is -0.367 e. The van der Waals surface area contributed by atoms with Crippen LogP contribution in [0.3, 0.4) is 0 Å². The van der Waals surface area contributed by atoms with Crippen LogP contribution in [0.2, 0.25) is 0 Å². The van der Waals surface area contributed by atoms with E-state index in [1.165, 1.54) is 11.3 Å². The molecule has 1 saturated heterocycles. The number of piperidine rings is 1. The maximum Gasteiger partial charge on any atom is 0.256 e. The van der Waals surface area contributed by atoms with E-state index in [0.717, 1.165) is 15.8 Å². The van der Waals surface area contributed by atoms with Crippen molar-refractivity contribution in [1.29, 1.82) is 0 Å². The molecule has 5 nitrogen and oxygen atoms in total. The highest BCUT2D eigenvalue weighted by Crippen LogP contribution is 2.29. The second-order valence-electron chi connectivity index (χ2n) is 6.98. The molecule has 1 amide bonds. The lowest BCUT2D eigenvalue weighted by atomic mass is 9.92. The van der Waals surface area contributed by atoms with E-state index >= 15 is 0 Å². The summed E-state index contributed by atoms with van der Waals surface area (Å²) in [6.45, 7) is 1.12. The smallest absolute Gasteiger partial charge is 0.256 e. The van der Waals surface area contributed by atoms with E-state index in [4.69, 9.17) is 4.74 Å². The molecule has 2 heterocycles. The number of ether oxygens (including phenoxy) is 1. The zero-order valence-corrected chi connectivity index (χ0v) is 16.5. The molecule has 1 aliphatic heterocycles. The van der Waals surface area contributed by atoms with Gasteiger partial charge < -0.3 is 9.64 Å². The summed E-state index contributed by atoms with van der Waals surface area (Å²) in [7, 11) is 1.55. The number of Topliss-reactive ketones (excluding diaryl/α,β-unsaturated/α-hetero) is 1. The van der Waals surface area contributed by atoms with Crippen molar-refractivity contribution in [2.24, 2.45) is 5.92 Å². The number of carbonyl (C=O) groups is 2. The molecule has 0 bridgehead atoms. The monoisotopic (exact) mass is 394 g/mol. The van der Waals surface area contributed by atoms with Crippen molar-refractivity contribution in [2.75, 3.05) is 20.2 Å². The quantitative estimate of drug-likeness (QED) is 0.611. The number of hydrogen-bond acceptors (Lipinski definition) is 5. The minimum atomic E-state index is -0.599. The molecule has 6 heteroatoms. The van der Waals surface area contributed by atoms with Crippen LogP contribution >= 0.6 is 11.3 Å². The molecule has 1 aliphatic rings. The first-order chi connectivity index (χ1) is 13.7. The molecule has 2 aromatic carbocycles. The van der Waals surface area contributed by atoms with Crippen molar-refractivity contribution in [3.63, 3.8) is 0 Å². The number of ketones is 1. The van der Waals surface area contributed by atoms with Crippen LogP contribution < -0.4 is 0 Å². The Hall–Kier alpha value is -2.57. The Balaban J connectivity index is 1.41. The van der Waals surface area contributed by atoms with Crippen molar-refractivity contribution in [3.05, 3.63) is 65.2 Å². The number of amides is 1. The van der Waals surface area contributed by atoms with E-state index in [0.29, 0.717) is 30.9 Å². The van der Waals surface area contributed by atoms with Gasteiger partial charge in [0.25, 0.3) is 5.91 Å². The topological polar surface area (TPSA) is 59.5 Å². The summed E-state index contributed by atoms with van der Waals surface area (Å²) < 4.78 is 6.49. The number of rotatable bonds is 5. The van der Waals surface area contributed by atoms with Gasteiger partial charge in [-0.2, -0.15) is 0 Å². The number of hydrogen-bond donors (Lipinski definition) is 0. The largest absolute Gasteiger partial charge is 0.367 e. The molecule has 1 fully saturated rings. The molecule has 0 N–H and O–H groups in total. The lowest BCUT2D eigenvalue weighted by molar-refractivity contribution is -0.143. The molecule has 0 unspecified atom stereocenters. The van der Waals surface area contributed by atoms with Gasteiger partial charge >= 0.3 is 0 Å². The molecular weight excluding hydrogens is 372 g/mol. The number of benzene rings is 2. The van der Waals surface area contributed by atoms with Gasteiger partial charge in [-0.25, -0.2) is 4.98 Å². The van der Waals surface area contributed by atoms with Gasteiger partial charge in [0.15, 0.2) is 16.9 Å². The van der Waals surface area contributed by atoms with Crippen LogP contribution in [0.5, 0.6) is 0 Å². The zero-order valence-electron chi connectivity index (χ0n) is 15.7. The number of aromatic nitrogens is 1. The normalized spacial score (nSPS) is 16.2. The van der Waals surface area contributed by atoms with Crippen LogP contribution in [0.15, 0.2) is 54.6 Å². The summed E-state index contributed by atoms with van der Waals surface area (Å²) in [5, 5.41) is 0.574. The first kappa shape index (κ1) is 18.8. The van der Waals surface area contributed by atoms with E-state index in [9.17, 15) is 9.59 Å². The van der Waals surface area contributed by atoms with Crippen molar-refractivity contribution >= 4 is 33.2 Å². The summed E-state index contributed by atoms with van der Waals surface area (Å²) in [6.07, 6.45) is 0.718. The summed E-state index contributed by atoms with van der Waals surface area (Å²) in [4.78, 5) is 32.1. The highest BCUT2D eigenvalue weighted by atomic mass is 32.1. The van der Waals surface area contributed by atoms with Crippen molar-refractivity contribution in [2.45, 2.75) is 18.9 Å². The highest BCUT2D eigenvalue weighted by Gasteiger charge is 2.32. The van der Waals surface area contributed by atoms with Gasteiger partial charge in [-0.05, 0) is 30.5 Å². The summed E-state index contributed by atoms with van der Waals surface area (Å²) in [5.41, 5.74) is 1.72. The first-order valence-corrected chi connectivity index (χ1v) is 10.3. The Morgan fingerprint density at radius 3 is 2.43 bits per heavy atom. The van der Waals surface area contributed by atoms with Crippen molar-refractivity contribution in [1.82, 2.24) is 9.88 Å². The summed E-state index contributed by atoms with van der Waals surface area (Å²) in [5.74, 6) is -0.0263. The SMILES string of the molecule is CO[C@H](C(=O)N1CCC(C(=O)c2nc3ccccc3s2)CC1)c1ccccc1. The second-order valence-corrected chi connectivity index (χ2v) is 8.01. The highest BCUT2D eigenvalue weighted by molar-refractivity contribution is 7.20. The van der Waals surface area contributed by atoms with Gasteiger partial charge in [0.1, 0.15) is 0 Å². The van der Waals surface area contributed by atoms with E-state index in [1.54, 1.807) is 7.11 Å². The number of fused-ring (bicyclic) bond motifs is 1. The maximum atomic E-state index is 12.9. The Morgan fingerprint density at radius 2 is 1.75 bits per heavy atom. The number of para-hydroxylation sites is 1. The predicted molar refractivity (Wildman–Crippen MR) is 109 cm³/mol. The zero-order chi connectivity index (χ0) is 19.5.